The number of thiazole rings is 1. The highest BCUT2D eigenvalue weighted by molar-refractivity contribution is 7.23. The van der Waals surface area contributed by atoms with E-state index < -0.39 is 5.97 Å². The van der Waals surface area contributed by atoms with Crippen LogP contribution in [0.1, 0.15) is 18.2 Å². The van der Waals surface area contributed by atoms with Gasteiger partial charge in [-0.1, -0.05) is 35.1 Å². The van der Waals surface area contributed by atoms with Gasteiger partial charge in [0.15, 0.2) is 16.5 Å². The average Bonchev–Trinajstić information content (AvgIpc) is 3.15. The van der Waals surface area contributed by atoms with Crippen LogP contribution in [0.25, 0.3) is 21.3 Å². The number of fused-ring (bicyclic) bond motifs is 3. The van der Waals surface area contributed by atoms with Crippen molar-refractivity contribution in [3.8, 4) is 11.5 Å². The van der Waals surface area contributed by atoms with Crippen molar-refractivity contribution in [1.82, 2.24) is 9.38 Å². The number of nitrogens with zero attached hydrogens (tertiary/aromatic N) is 2. The molecule has 0 atom stereocenters. The molecule has 0 unspecified atom stereocenters. The normalized spacial score (nSPS) is 11.3. The Hall–Kier alpha value is -3.36. The fourth-order valence-corrected chi connectivity index (χ4v) is 4.55. The number of para-hydroxylation sites is 1. The summed E-state index contributed by atoms with van der Waals surface area (Å²) in [6.45, 7) is 2.18. The Labute approximate surface area is 192 Å². The highest BCUT2D eigenvalue weighted by atomic mass is 35.5. The van der Waals surface area contributed by atoms with Crippen LogP contribution in [0.15, 0.2) is 53.3 Å². The molecule has 0 bridgehead atoms. The molecule has 0 aliphatic heterocycles. The van der Waals surface area contributed by atoms with Crippen molar-refractivity contribution in [2.45, 2.75) is 13.5 Å². The maximum absolute atomic E-state index is 12.5. The van der Waals surface area contributed by atoms with E-state index in [-0.39, 0.29) is 12.2 Å². The van der Waals surface area contributed by atoms with Gasteiger partial charge in [0.2, 0.25) is 0 Å². The number of carbonyl (C=O) groups is 1. The Kier molecular flexibility index (Phi) is 6.43. The molecule has 4 aromatic rings. The lowest BCUT2D eigenvalue weighted by atomic mass is 10.2. The second-order valence-corrected chi connectivity index (χ2v) is 8.10. The Morgan fingerprint density at radius 3 is 2.84 bits per heavy atom. The first-order valence-electron chi connectivity index (χ1n) is 9.75. The number of ether oxygens (including phenoxy) is 3. The van der Waals surface area contributed by atoms with Crippen molar-refractivity contribution in [1.29, 1.82) is 0 Å². The lowest BCUT2D eigenvalue weighted by molar-refractivity contribution is -0.139. The fraction of sp³-hybridized carbons (Fsp3) is 0.174. The second kappa shape index (κ2) is 9.42. The van der Waals surface area contributed by atoms with Crippen LogP contribution in [0.2, 0.25) is 5.02 Å². The van der Waals surface area contributed by atoms with Gasteiger partial charge in [-0.15, -0.1) is 0 Å². The van der Waals surface area contributed by atoms with E-state index in [2.05, 4.69) is 4.98 Å². The summed E-state index contributed by atoms with van der Waals surface area (Å²) in [4.78, 5) is 29.7. The van der Waals surface area contributed by atoms with E-state index >= 15 is 0 Å². The lowest BCUT2D eigenvalue weighted by Crippen LogP contribution is -2.14. The van der Waals surface area contributed by atoms with Gasteiger partial charge in [-0.25, -0.2) is 9.78 Å². The van der Waals surface area contributed by atoms with Gasteiger partial charge in [-0.2, -0.15) is 0 Å². The Bertz CT molecular complexity index is 1390. The fourth-order valence-electron chi connectivity index (χ4n) is 3.20. The molecule has 7 nitrogen and oxygen atoms in total. The molecule has 164 valence electrons. The van der Waals surface area contributed by atoms with E-state index in [0.29, 0.717) is 39.3 Å². The summed E-state index contributed by atoms with van der Waals surface area (Å²) in [5, 5.41) is 0.368. The van der Waals surface area contributed by atoms with Crippen LogP contribution >= 0.6 is 22.9 Å². The molecule has 0 aliphatic carbocycles. The van der Waals surface area contributed by atoms with Crippen LogP contribution in [-0.4, -0.2) is 29.1 Å². The van der Waals surface area contributed by atoms with Gasteiger partial charge in [-0.3, -0.25) is 9.20 Å². The number of halogens is 1. The number of hydrogen-bond donors (Lipinski definition) is 0. The van der Waals surface area contributed by atoms with Crippen LogP contribution < -0.4 is 15.0 Å². The standard InChI is InChI=1S/C23H19ClN2O5S/c1-3-30-18-11-14(10-16(24)22(18)29-2)8-9-21(28)31-13-15-12-20(27)26-17-6-4-5-7-19(17)32-23(26)25-15/h4-12H,3,13H2,1-2H3. The zero-order chi connectivity index (χ0) is 22.7. The van der Waals surface area contributed by atoms with Gasteiger partial charge >= 0.3 is 5.97 Å². The molecule has 0 fully saturated rings. The average molecular weight is 471 g/mol. The molecular formula is C23H19ClN2O5S. The van der Waals surface area contributed by atoms with Crippen LogP contribution in [-0.2, 0) is 16.1 Å². The Balaban J connectivity index is 1.48. The summed E-state index contributed by atoms with van der Waals surface area (Å²) >= 11 is 7.63. The van der Waals surface area contributed by atoms with Gasteiger partial charge in [-0.05, 0) is 42.8 Å². The largest absolute Gasteiger partial charge is 0.491 e. The minimum absolute atomic E-state index is 0.114. The zero-order valence-electron chi connectivity index (χ0n) is 17.3. The first-order chi connectivity index (χ1) is 15.5. The van der Waals surface area contributed by atoms with E-state index in [1.807, 2.05) is 31.2 Å². The third kappa shape index (κ3) is 4.46. The summed E-state index contributed by atoms with van der Waals surface area (Å²) in [7, 11) is 1.51. The summed E-state index contributed by atoms with van der Waals surface area (Å²) in [6, 6.07) is 12.3. The molecule has 0 spiro atoms. The molecule has 2 aromatic carbocycles. The first-order valence-corrected chi connectivity index (χ1v) is 10.9. The maximum atomic E-state index is 12.5. The van der Waals surface area contributed by atoms with Crippen molar-refractivity contribution < 1.29 is 19.0 Å². The van der Waals surface area contributed by atoms with E-state index in [1.165, 1.54) is 30.6 Å². The second-order valence-electron chi connectivity index (χ2n) is 6.68. The number of aromatic nitrogens is 2. The maximum Gasteiger partial charge on any atom is 0.331 e. The summed E-state index contributed by atoms with van der Waals surface area (Å²) in [5.74, 6) is 0.340. The van der Waals surface area contributed by atoms with Crippen molar-refractivity contribution in [2.75, 3.05) is 13.7 Å². The first kappa shape index (κ1) is 21.9. The predicted octanol–water partition coefficient (Wildman–Crippen LogP) is 4.73. The molecule has 0 saturated carbocycles. The minimum Gasteiger partial charge on any atom is -0.491 e. The third-order valence-electron chi connectivity index (χ3n) is 4.56. The van der Waals surface area contributed by atoms with Gasteiger partial charge in [0, 0.05) is 12.1 Å². The van der Waals surface area contributed by atoms with Crippen LogP contribution in [0.4, 0.5) is 0 Å². The number of rotatable bonds is 7. The number of hydrogen-bond acceptors (Lipinski definition) is 7. The third-order valence-corrected chi connectivity index (χ3v) is 5.86. The Morgan fingerprint density at radius 2 is 2.06 bits per heavy atom. The molecule has 0 radical (unpaired) electrons. The quantitative estimate of drug-likeness (QED) is 0.287. The Morgan fingerprint density at radius 1 is 1.25 bits per heavy atom. The van der Waals surface area contributed by atoms with Crippen molar-refractivity contribution in [3.05, 3.63) is 75.2 Å². The van der Waals surface area contributed by atoms with Crippen LogP contribution in [0.3, 0.4) is 0 Å². The van der Waals surface area contributed by atoms with Gasteiger partial charge in [0.05, 0.1) is 34.6 Å². The molecule has 0 amide bonds. The smallest absolute Gasteiger partial charge is 0.331 e. The zero-order valence-corrected chi connectivity index (χ0v) is 18.9. The molecule has 0 N–H and O–H groups in total. The molecule has 32 heavy (non-hydrogen) atoms. The van der Waals surface area contributed by atoms with Gasteiger partial charge in [0.25, 0.3) is 5.56 Å². The number of carbonyl (C=O) groups excluding carboxylic acids is 1. The van der Waals surface area contributed by atoms with Gasteiger partial charge in [0.1, 0.15) is 6.61 Å². The number of esters is 1. The van der Waals surface area contributed by atoms with E-state index in [0.717, 1.165) is 10.2 Å². The number of methoxy groups -OCH3 is 1. The van der Waals surface area contributed by atoms with Crippen LogP contribution in [0.5, 0.6) is 11.5 Å². The topological polar surface area (TPSA) is 79.1 Å². The molecule has 4 rings (SSSR count). The highest BCUT2D eigenvalue weighted by Gasteiger charge is 2.12. The van der Waals surface area contributed by atoms with Crippen molar-refractivity contribution in [2.24, 2.45) is 0 Å². The predicted molar refractivity (Wildman–Crippen MR) is 125 cm³/mol. The monoisotopic (exact) mass is 470 g/mol. The summed E-state index contributed by atoms with van der Waals surface area (Å²) < 4.78 is 18.5. The molecule has 9 heteroatoms. The number of benzene rings is 2. The highest BCUT2D eigenvalue weighted by Crippen LogP contribution is 2.36. The molecule has 0 saturated heterocycles. The molecule has 0 aliphatic rings. The van der Waals surface area contributed by atoms with E-state index in [1.54, 1.807) is 22.6 Å². The lowest BCUT2D eigenvalue weighted by Gasteiger charge is -2.11. The van der Waals surface area contributed by atoms with Crippen LogP contribution in [0, 0.1) is 0 Å². The molecular weight excluding hydrogens is 452 g/mol. The van der Waals surface area contributed by atoms with E-state index in [4.69, 9.17) is 25.8 Å². The van der Waals surface area contributed by atoms with E-state index in [9.17, 15) is 9.59 Å². The summed E-state index contributed by atoms with van der Waals surface area (Å²) in [5.41, 5.74) is 1.63. The van der Waals surface area contributed by atoms with Gasteiger partial charge < -0.3 is 14.2 Å². The SMILES string of the molecule is CCOc1cc(C=CC(=O)OCc2cc(=O)n3c(n2)sc2ccccc23)cc(Cl)c1OC. The van der Waals surface area contributed by atoms with Crippen molar-refractivity contribution in [3.63, 3.8) is 0 Å². The summed E-state index contributed by atoms with van der Waals surface area (Å²) in [6.07, 6.45) is 2.84. The molecule has 2 aromatic heterocycles. The minimum atomic E-state index is -0.576. The molecule has 2 heterocycles. The van der Waals surface area contributed by atoms with Crippen molar-refractivity contribution >= 4 is 50.2 Å².